The summed E-state index contributed by atoms with van der Waals surface area (Å²) in [5, 5.41) is 14.0. The van der Waals surface area contributed by atoms with E-state index in [-0.39, 0.29) is 11.6 Å². The number of rotatable bonds is 5. The first-order chi connectivity index (χ1) is 14.5. The van der Waals surface area contributed by atoms with Gasteiger partial charge in [0.15, 0.2) is 5.58 Å². The number of benzene rings is 3. The Balaban J connectivity index is 1.48. The zero-order valence-electron chi connectivity index (χ0n) is 15.4. The first-order valence-electron chi connectivity index (χ1n) is 8.88. The molecule has 30 heavy (non-hydrogen) atoms. The number of aromatic nitrogens is 1. The van der Waals surface area contributed by atoms with E-state index in [9.17, 15) is 14.9 Å². The molecular weight excluding hydrogens is 406 g/mol. The van der Waals surface area contributed by atoms with Crippen molar-refractivity contribution >= 4 is 46.1 Å². The minimum atomic E-state index is -0.475. The second-order valence-corrected chi connectivity index (χ2v) is 6.82. The van der Waals surface area contributed by atoms with Gasteiger partial charge in [0, 0.05) is 40.5 Å². The number of nitro groups is 1. The molecule has 0 bridgehead atoms. The molecule has 0 aliphatic carbocycles. The van der Waals surface area contributed by atoms with Crippen molar-refractivity contribution in [2.24, 2.45) is 0 Å². The maximum absolute atomic E-state index is 12.2. The van der Waals surface area contributed by atoms with E-state index >= 15 is 0 Å². The third kappa shape index (κ3) is 4.37. The van der Waals surface area contributed by atoms with Crippen molar-refractivity contribution in [2.45, 2.75) is 0 Å². The number of carbonyl (C=O) groups is 1. The highest BCUT2D eigenvalue weighted by atomic mass is 35.5. The summed E-state index contributed by atoms with van der Waals surface area (Å²) in [7, 11) is 0. The van der Waals surface area contributed by atoms with Gasteiger partial charge < -0.3 is 9.73 Å². The highest BCUT2D eigenvalue weighted by Gasteiger charge is 2.10. The Labute approximate surface area is 175 Å². The number of nitrogens with zero attached hydrogens (tertiary/aromatic N) is 2. The number of carbonyl (C=O) groups excluding carboxylic acids is 1. The standard InChI is InChI=1S/C22H14ClN3O4/c23-16-3-1-2-15(12-16)22-25-19-10-7-17(13-20(19)30-22)24-21(27)11-6-14-4-8-18(9-5-14)26(28)29/h1-13H,(H,24,27)/b11-6+. The Bertz CT molecular complexity index is 1280. The second-order valence-electron chi connectivity index (χ2n) is 6.38. The molecule has 0 spiro atoms. The Morgan fingerprint density at radius 3 is 2.63 bits per heavy atom. The van der Waals surface area contributed by atoms with Crippen LogP contribution in [0.3, 0.4) is 0 Å². The molecule has 0 radical (unpaired) electrons. The van der Waals surface area contributed by atoms with Crippen molar-refractivity contribution in [2.75, 3.05) is 5.32 Å². The lowest BCUT2D eigenvalue weighted by molar-refractivity contribution is -0.384. The van der Waals surface area contributed by atoms with Crippen LogP contribution < -0.4 is 5.32 Å². The molecule has 1 N–H and O–H groups in total. The number of amides is 1. The van der Waals surface area contributed by atoms with Crippen LogP contribution in [-0.2, 0) is 4.79 Å². The highest BCUT2D eigenvalue weighted by molar-refractivity contribution is 6.30. The molecule has 0 aliphatic rings. The summed E-state index contributed by atoms with van der Waals surface area (Å²) in [5.41, 5.74) is 3.16. The lowest BCUT2D eigenvalue weighted by Crippen LogP contribution is -2.07. The van der Waals surface area contributed by atoms with Gasteiger partial charge in [-0.3, -0.25) is 14.9 Å². The summed E-state index contributed by atoms with van der Waals surface area (Å²) in [6, 6.07) is 18.3. The molecule has 1 heterocycles. The molecule has 3 aromatic carbocycles. The maximum atomic E-state index is 12.2. The van der Waals surface area contributed by atoms with Crippen LogP contribution in [0.25, 0.3) is 28.6 Å². The lowest BCUT2D eigenvalue weighted by Gasteiger charge is -2.01. The predicted molar refractivity (Wildman–Crippen MR) is 115 cm³/mol. The highest BCUT2D eigenvalue weighted by Crippen LogP contribution is 2.27. The average molecular weight is 420 g/mol. The van der Waals surface area contributed by atoms with E-state index in [1.165, 1.54) is 18.2 Å². The molecule has 0 saturated carbocycles. The van der Waals surface area contributed by atoms with Crippen LogP contribution in [0.5, 0.6) is 0 Å². The molecule has 0 atom stereocenters. The first kappa shape index (κ1) is 19.4. The van der Waals surface area contributed by atoms with Gasteiger partial charge in [0.05, 0.1) is 4.92 Å². The van der Waals surface area contributed by atoms with Crippen molar-refractivity contribution < 1.29 is 14.1 Å². The molecule has 1 amide bonds. The molecule has 4 aromatic rings. The summed E-state index contributed by atoms with van der Waals surface area (Å²) < 4.78 is 5.80. The Kier molecular flexibility index (Phi) is 5.28. The van der Waals surface area contributed by atoms with Gasteiger partial charge in [-0.1, -0.05) is 17.7 Å². The van der Waals surface area contributed by atoms with E-state index in [2.05, 4.69) is 10.3 Å². The Morgan fingerprint density at radius 2 is 1.90 bits per heavy atom. The van der Waals surface area contributed by atoms with Gasteiger partial charge in [0.25, 0.3) is 5.69 Å². The van der Waals surface area contributed by atoms with Gasteiger partial charge in [-0.2, -0.15) is 0 Å². The van der Waals surface area contributed by atoms with Crippen LogP contribution >= 0.6 is 11.6 Å². The maximum Gasteiger partial charge on any atom is 0.269 e. The fourth-order valence-corrected chi connectivity index (χ4v) is 3.00. The molecule has 0 aliphatic heterocycles. The van der Waals surface area contributed by atoms with Gasteiger partial charge in [-0.05, 0) is 54.1 Å². The molecule has 7 nitrogen and oxygen atoms in total. The van der Waals surface area contributed by atoms with E-state index in [0.717, 1.165) is 5.56 Å². The van der Waals surface area contributed by atoms with Gasteiger partial charge in [0.1, 0.15) is 5.52 Å². The Morgan fingerprint density at radius 1 is 1.10 bits per heavy atom. The molecule has 8 heteroatoms. The number of hydrogen-bond donors (Lipinski definition) is 1. The molecule has 0 fully saturated rings. The van der Waals surface area contributed by atoms with Gasteiger partial charge in [-0.25, -0.2) is 4.98 Å². The molecule has 0 saturated heterocycles. The number of fused-ring (bicyclic) bond motifs is 1. The zero-order valence-corrected chi connectivity index (χ0v) is 16.2. The number of nitro benzene ring substituents is 1. The smallest absolute Gasteiger partial charge is 0.269 e. The van der Waals surface area contributed by atoms with E-state index in [0.29, 0.717) is 33.3 Å². The van der Waals surface area contributed by atoms with Crippen LogP contribution in [-0.4, -0.2) is 15.8 Å². The molecule has 4 rings (SSSR count). The normalized spacial score (nSPS) is 11.1. The van der Waals surface area contributed by atoms with Gasteiger partial charge >= 0.3 is 0 Å². The third-order valence-electron chi connectivity index (χ3n) is 4.26. The number of non-ortho nitro benzene ring substituents is 1. The van der Waals surface area contributed by atoms with Crippen LogP contribution in [0, 0.1) is 10.1 Å². The van der Waals surface area contributed by atoms with Crippen molar-refractivity contribution in [1.82, 2.24) is 4.98 Å². The number of anilines is 1. The van der Waals surface area contributed by atoms with Crippen LogP contribution in [0.1, 0.15) is 5.56 Å². The van der Waals surface area contributed by atoms with Gasteiger partial charge in [-0.15, -0.1) is 0 Å². The van der Waals surface area contributed by atoms with Crippen molar-refractivity contribution in [1.29, 1.82) is 0 Å². The van der Waals surface area contributed by atoms with E-state index < -0.39 is 4.92 Å². The largest absolute Gasteiger partial charge is 0.436 e. The number of hydrogen-bond acceptors (Lipinski definition) is 5. The fourth-order valence-electron chi connectivity index (χ4n) is 2.81. The molecule has 0 unspecified atom stereocenters. The quantitative estimate of drug-likeness (QED) is 0.254. The summed E-state index contributed by atoms with van der Waals surface area (Å²) >= 11 is 6.02. The monoisotopic (exact) mass is 419 g/mol. The molecular formula is C22H14ClN3O4. The number of oxazole rings is 1. The van der Waals surface area contributed by atoms with E-state index in [1.807, 2.05) is 12.1 Å². The Hall–Kier alpha value is -3.97. The van der Waals surface area contributed by atoms with Crippen LogP contribution in [0.15, 0.2) is 77.2 Å². The zero-order chi connectivity index (χ0) is 21.1. The second kappa shape index (κ2) is 8.18. The lowest BCUT2D eigenvalue weighted by atomic mass is 10.2. The topological polar surface area (TPSA) is 98.3 Å². The molecule has 148 valence electrons. The number of halogens is 1. The number of nitrogens with one attached hydrogen (secondary N) is 1. The molecule has 1 aromatic heterocycles. The summed E-state index contributed by atoms with van der Waals surface area (Å²) in [5.74, 6) is 0.0938. The predicted octanol–water partition coefficient (Wildman–Crippen LogP) is 5.71. The SMILES string of the molecule is O=C(/C=C/c1ccc([N+](=O)[O-])cc1)Nc1ccc2nc(-c3cccc(Cl)c3)oc2c1. The van der Waals surface area contributed by atoms with E-state index in [1.54, 1.807) is 48.5 Å². The first-order valence-corrected chi connectivity index (χ1v) is 9.26. The minimum absolute atomic E-state index is 0.00546. The van der Waals surface area contributed by atoms with Crippen molar-refractivity contribution in [3.8, 4) is 11.5 Å². The summed E-state index contributed by atoms with van der Waals surface area (Å²) in [6.45, 7) is 0. The fraction of sp³-hybridized carbons (Fsp3) is 0. The summed E-state index contributed by atoms with van der Waals surface area (Å²) in [4.78, 5) is 26.8. The van der Waals surface area contributed by atoms with E-state index in [4.69, 9.17) is 16.0 Å². The summed E-state index contributed by atoms with van der Waals surface area (Å²) in [6.07, 6.45) is 2.92. The third-order valence-corrected chi connectivity index (χ3v) is 4.49. The van der Waals surface area contributed by atoms with Crippen LogP contribution in [0.4, 0.5) is 11.4 Å². The average Bonchev–Trinajstić information content (AvgIpc) is 3.16. The minimum Gasteiger partial charge on any atom is -0.436 e. The van der Waals surface area contributed by atoms with Crippen molar-refractivity contribution in [3.63, 3.8) is 0 Å². The van der Waals surface area contributed by atoms with Gasteiger partial charge in [0.2, 0.25) is 11.8 Å². The van der Waals surface area contributed by atoms with Crippen LogP contribution in [0.2, 0.25) is 5.02 Å². The van der Waals surface area contributed by atoms with Crippen molar-refractivity contribution in [3.05, 3.63) is 93.5 Å².